The Morgan fingerprint density at radius 2 is 2.11 bits per heavy atom. The average molecular weight is 257 g/mol. The molecule has 0 aliphatic heterocycles. The molecule has 5 heteroatoms. The van der Waals surface area contributed by atoms with Crippen LogP contribution in [0.3, 0.4) is 0 Å². The Balaban J connectivity index is 2.23. The maximum atomic E-state index is 10.8. The van der Waals surface area contributed by atoms with Crippen molar-refractivity contribution < 1.29 is 4.92 Å². The molecule has 1 N–H and O–H groups in total. The van der Waals surface area contributed by atoms with Gasteiger partial charge in [0.05, 0.1) is 16.7 Å². The number of pyridine rings is 1. The molecule has 98 valence electrons. The number of aromatic nitrogens is 1. The lowest BCUT2D eigenvalue weighted by Crippen LogP contribution is -2.09. The van der Waals surface area contributed by atoms with Gasteiger partial charge in [-0.25, -0.2) is 0 Å². The predicted molar refractivity (Wildman–Crippen MR) is 74.1 cm³/mol. The van der Waals surface area contributed by atoms with Gasteiger partial charge in [-0.15, -0.1) is 0 Å². The number of benzene rings is 1. The van der Waals surface area contributed by atoms with Crippen molar-refractivity contribution in [2.45, 2.75) is 19.9 Å². The molecule has 2 aromatic rings. The fraction of sp³-hybridized carbons (Fsp3) is 0.214. The summed E-state index contributed by atoms with van der Waals surface area (Å²) < 4.78 is 0. The van der Waals surface area contributed by atoms with Crippen LogP contribution in [0.5, 0.6) is 0 Å². The van der Waals surface area contributed by atoms with Crippen LogP contribution >= 0.6 is 0 Å². The van der Waals surface area contributed by atoms with E-state index in [0.29, 0.717) is 0 Å². The number of rotatable bonds is 4. The number of hydrogen-bond donors (Lipinski definition) is 1. The Bertz CT molecular complexity index is 584. The first kappa shape index (κ1) is 13.0. The molecule has 1 atom stereocenters. The van der Waals surface area contributed by atoms with Crippen LogP contribution in [0.2, 0.25) is 0 Å². The second-order valence-electron chi connectivity index (χ2n) is 4.38. The maximum Gasteiger partial charge on any atom is 0.271 e. The van der Waals surface area contributed by atoms with E-state index in [1.54, 1.807) is 18.3 Å². The largest absolute Gasteiger partial charge is 0.377 e. The van der Waals surface area contributed by atoms with E-state index in [4.69, 9.17) is 0 Å². The monoisotopic (exact) mass is 257 g/mol. The minimum atomic E-state index is -0.393. The summed E-state index contributed by atoms with van der Waals surface area (Å²) in [6, 6.07) is 10.5. The number of nitrogens with one attached hydrogen (secondary N) is 1. The fourth-order valence-corrected chi connectivity index (χ4v) is 1.82. The minimum absolute atomic E-state index is 0.0121. The molecule has 0 bridgehead atoms. The molecule has 0 aliphatic rings. The van der Waals surface area contributed by atoms with Crippen molar-refractivity contribution in [1.82, 2.24) is 4.98 Å². The van der Waals surface area contributed by atoms with Gasteiger partial charge in [0, 0.05) is 24.0 Å². The third-order valence-corrected chi connectivity index (χ3v) is 2.94. The molecule has 19 heavy (non-hydrogen) atoms. The highest BCUT2D eigenvalue weighted by Gasteiger charge is 2.12. The summed E-state index contributed by atoms with van der Waals surface area (Å²) >= 11 is 0. The Morgan fingerprint density at radius 1 is 1.32 bits per heavy atom. The zero-order valence-electron chi connectivity index (χ0n) is 10.8. The highest BCUT2D eigenvalue weighted by Crippen LogP contribution is 2.25. The van der Waals surface area contributed by atoms with Crippen molar-refractivity contribution in [3.63, 3.8) is 0 Å². The molecule has 1 heterocycles. The molecule has 0 fully saturated rings. The molecule has 1 unspecified atom stereocenters. The lowest BCUT2D eigenvalue weighted by molar-refractivity contribution is -0.384. The van der Waals surface area contributed by atoms with Gasteiger partial charge in [-0.05, 0) is 31.5 Å². The van der Waals surface area contributed by atoms with Gasteiger partial charge in [0.1, 0.15) is 0 Å². The number of non-ortho nitro benzene ring substituents is 1. The van der Waals surface area contributed by atoms with Gasteiger partial charge in [-0.1, -0.05) is 12.1 Å². The topological polar surface area (TPSA) is 68.1 Å². The van der Waals surface area contributed by atoms with Crippen molar-refractivity contribution in [1.29, 1.82) is 0 Å². The third-order valence-electron chi connectivity index (χ3n) is 2.94. The smallest absolute Gasteiger partial charge is 0.271 e. The fourth-order valence-electron chi connectivity index (χ4n) is 1.82. The number of aryl methyl sites for hydroxylation is 1. The summed E-state index contributed by atoms with van der Waals surface area (Å²) in [5.74, 6) is 0. The molecule has 0 spiro atoms. The number of hydrogen-bond acceptors (Lipinski definition) is 4. The summed E-state index contributed by atoms with van der Waals surface area (Å²) in [5, 5.41) is 14.0. The standard InChI is InChI=1S/C14H15N3O2/c1-10-6-7-12(17(18)19)9-14(10)16-11(2)13-5-3-4-8-15-13/h3-9,11,16H,1-2H3. The average Bonchev–Trinajstić information content (AvgIpc) is 2.42. The van der Waals surface area contributed by atoms with Gasteiger partial charge >= 0.3 is 0 Å². The lowest BCUT2D eigenvalue weighted by atomic mass is 10.1. The Morgan fingerprint density at radius 3 is 2.74 bits per heavy atom. The molecule has 0 saturated carbocycles. The van der Waals surface area contributed by atoms with Gasteiger partial charge in [-0.3, -0.25) is 15.1 Å². The third kappa shape index (κ3) is 3.07. The first-order valence-corrected chi connectivity index (χ1v) is 6.00. The van der Waals surface area contributed by atoms with Crippen LogP contribution < -0.4 is 5.32 Å². The molecule has 0 saturated heterocycles. The molecule has 1 aromatic heterocycles. The molecule has 5 nitrogen and oxygen atoms in total. The van der Waals surface area contributed by atoms with E-state index >= 15 is 0 Å². The molecule has 0 aliphatic carbocycles. The number of nitrogens with zero attached hydrogens (tertiary/aromatic N) is 2. The van der Waals surface area contributed by atoms with Crippen LogP contribution in [-0.2, 0) is 0 Å². The van der Waals surface area contributed by atoms with E-state index in [-0.39, 0.29) is 11.7 Å². The SMILES string of the molecule is Cc1ccc([N+](=O)[O-])cc1NC(C)c1ccccn1. The molecule has 0 amide bonds. The zero-order valence-corrected chi connectivity index (χ0v) is 10.8. The van der Waals surface area contributed by atoms with Crippen LogP contribution in [0.15, 0.2) is 42.6 Å². The van der Waals surface area contributed by atoms with Gasteiger partial charge in [0.2, 0.25) is 0 Å². The van der Waals surface area contributed by atoms with Crippen molar-refractivity contribution in [2.75, 3.05) is 5.32 Å². The van der Waals surface area contributed by atoms with Gasteiger partial charge < -0.3 is 5.32 Å². The molecule has 0 radical (unpaired) electrons. The van der Waals surface area contributed by atoms with E-state index in [1.165, 1.54) is 6.07 Å². The minimum Gasteiger partial charge on any atom is -0.377 e. The first-order valence-electron chi connectivity index (χ1n) is 6.00. The van der Waals surface area contributed by atoms with Crippen molar-refractivity contribution in [3.05, 3.63) is 64.0 Å². The molecule has 2 rings (SSSR count). The summed E-state index contributed by atoms with van der Waals surface area (Å²) in [7, 11) is 0. The van der Waals surface area contributed by atoms with Crippen LogP contribution in [0, 0.1) is 17.0 Å². The highest BCUT2D eigenvalue weighted by atomic mass is 16.6. The van der Waals surface area contributed by atoms with Crippen LogP contribution in [0.1, 0.15) is 24.2 Å². The van der Waals surface area contributed by atoms with E-state index in [1.807, 2.05) is 32.0 Å². The first-order chi connectivity index (χ1) is 9.08. The molecular formula is C14H15N3O2. The van der Waals surface area contributed by atoms with E-state index < -0.39 is 4.92 Å². The second kappa shape index (κ2) is 5.48. The number of nitro benzene ring substituents is 1. The van der Waals surface area contributed by atoms with Crippen LogP contribution in [-0.4, -0.2) is 9.91 Å². The highest BCUT2D eigenvalue weighted by molar-refractivity contribution is 5.57. The van der Waals surface area contributed by atoms with E-state index in [2.05, 4.69) is 10.3 Å². The maximum absolute atomic E-state index is 10.8. The summed E-state index contributed by atoms with van der Waals surface area (Å²) in [6.07, 6.45) is 1.73. The second-order valence-corrected chi connectivity index (χ2v) is 4.38. The quantitative estimate of drug-likeness (QED) is 0.672. The van der Waals surface area contributed by atoms with Crippen molar-refractivity contribution >= 4 is 11.4 Å². The Hall–Kier alpha value is -2.43. The Labute approximate surface area is 111 Å². The van der Waals surface area contributed by atoms with Crippen LogP contribution in [0.25, 0.3) is 0 Å². The number of nitro groups is 1. The van der Waals surface area contributed by atoms with Gasteiger partial charge in [-0.2, -0.15) is 0 Å². The van der Waals surface area contributed by atoms with Crippen molar-refractivity contribution in [2.24, 2.45) is 0 Å². The van der Waals surface area contributed by atoms with Gasteiger partial charge in [0.15, 0.2) is 0 Å². The van der Waals surface area contributed by atoms with Gasteiger partial charge in [0.25, 0.3) is 5.69 Å². The Kier molecular flexibility index (Phi) is 3.75. The van der Waals surface area contributed by atoms with E-state index in [9.17, 15) is 10.1 Å². The lowest BCUT2D eigenvalue weighted by Gasteiger charge is -2.16. The summed E-state index contributed by atoms with van der Waals surface area (Å²) in [5.41, 5.74) is 2.70. The normalized spacial score (nSPS) is 11.9. The zero-order chi connectivity index (χ0) is 13.8. The predicted octanol–water partition coefficient (Wildman–Crippen LogP) is 3.47. The van der Waals surface area contributed by atoms with Crippen molar-refractivity contribution in [3.8, 4) is 0 Å². The molecular weight excluding hydrogens is 242 g/mol. The summed E-state index contributed by atoms with van der Waals surface area (Å²) in [4.78, 5) is 14.7. The van der Waals surface area contributed by atoms with Crippen LogP contribution in [0.4, 0.5) is 11.4 Å². The number of anilines is 1. The van der Waals surface area contributed by atoms with E-state index in [0.717, 1.165) is 16.9 Å². The molecule has 1 aromatic carbocycles. The summed E-state index contributed by atoms with van der Waals surface area (Å²) in [6.45, 7) is 3.89.